The molecule has 0 bridgehead atoms. The second-order valence-electron chi connectivity index (χ2n) is 4.15. The number of ether oxygens (including phenoxy) is 1. The lowest BCUT2D eigenvalue weighted by molar-refractivity contribution is 0.407. The summed E-state index contributed by atoms with van der Waals surface area (Å²) in [5, 5.41) is 0. The van der Waals surface area contributed by atoms with Gasteiger partial charge in [0.05, 0.1) is 7.11 Å². The molecule has 1 rings (SSSR count). The van der Waals surface area contributed by atoms with Crippen molar-refractivity contribution in [3.8, 4) is 5.75 Å². The third-order valence-electron chi connectivity index (χ3n) is 2.69. The minimum absolute atomic E-state index is 0.499. The Bertz CT molecular complexity index is 332. The number of benzene rings is 1. The van der Waals surface area contributed by atoms with Crippen molar-refractivity contribution in [2.45, 2.75) is 33.1 Å². The standard InChI is InChI=1S/C13H20OS/c1-9(2)12-8-11(5-6-15)10(3)7-13(12)14-4/h7-9,15H,5-6H2,1-4H3. The van der Waals surface area contributed by atoms with E-state index in [1.165, 1.54) is 16.7 Å². The minimum atomic E-state index is 0.499. The van der Waals surface area contributed by atoms with Crippen LogP contribution in [0, 0.1) is 6.92 Å². The monoisotopic (exact) mass is 224 g/mol. The summed E-state index contributed by atoms with van der Waals surface area (Å²) in [7, 11) is 1.74. The molecule has 84 valence electrons. The molecule has 0 aliphatic carbocycles. The summed E-state index contributed by atoms with van der Waals surface area (Å²) in [6.07, 6.45) is 1.03. The van der Waals surface area contributed by atoms with Gasteiger partial charge in [-0.2, -0.15) is 12.6 Å². The van der Waals surface area contributed by atoms with Crippen molar-refractivity contribution in [2.75, 3.05) is 12.9 Å². The Morgan fingerprint density at radius 1 is 1.33 bits per heavy atom. The molecular weight excluding hydrogens is 204 g/mol. The predicted octanol–water partition coefficient (Wildman–Crippen LogP) is 3.60. The first kappa shape index (κ1) is 12.4. The molecule has 1 aromatic rings. The number of thiol groups is 1. The van der Waals surface area contributed by atoms with E-state index in [0.29, 0.717) is 5.92 Å². The second-order valence-corrected chi connectivity index (χ2v) is 4.60. The Labute approximate surface area is 98.3 Å². The Morgan fingerprint density at radius 3 is 2.47 bits per heavy atom. The largest absolute Gasteiger partial charge is 0.496 e. The first-order chi connectivity index (χ1) is 7.10. The van der Waals surface area contributed by atoms with E-state index in [0.717, 1.165) is 17.9 Å². The van der Waals surface area contributed by atoms with E-state index < -0.39 is 0 Å². The van der Waals surface area contributed by atoms with E-state index in [1.807, 2.05) is 0 Å². The molecule has 1 nitrogen and oxygen atoms in total. The molecule has 0 N–H and O–H groups in total. The van der Waals surface area contributed by atoms with Gasteiger partial charge in [-0.25, -0.2) is 0 Å². The van der Waals surface area contributed by atoms with Crippen molar-refractivity contribution in [3.63, 3.8) is 0 Å². The van der Waals surface area contributed by atoms with Gasteiger partial charge in [-0.1, -0.05) is 19.9 Å². The highest BCUT2D eigenvalue weighted by atomic mass is 32.1. The van der Waals surface area contributed by atoms with Gasteiger partial charge >= 0.3 is 0 Å². The second kappa shape index (κ2) is 5.45. The van der Waals surface area contributed by atoms with Crippen molar-refractivity contribution in [1.29, 1.82) is 0 Å². The maximum Gasteiger partial charge on any atom is 0.122 e. The van der Waals surface area contributed by atoms with Crippen molar-refractivity contribution in [1.82, 2.24) is 0 Å². The molecule has 0 aliphatic rings. The van der Waals surface area contributed by atoms with Gasteiger partial charge in [0.2, 0.25) is 0 Å². The molecule has 0 radical (unpaired) electrons. The molecule has 1 aromatic carbocycles. The van der Waals surface area contributed by atoms with Crippen LogP contribution in [0.4, 0.5) is 0 Å². The first-order valence-corrected chi connectivity index (χ1v) is 6.01. The maximum absolute atomic E-state index is 5.40. The van der Waals surface area contributed by atoms with Gasteiger partial charge in [0.25, 0.3) is 0 Å². The zero-order valence-electron chi connectivity index (χ0n) is 10.0. The summed E-state index contributed by atoms with van der Waals surface area (Å²) in [6.45, 7) is 6.51. The SMILES string of the molecule is COc1cc(C)c(CCS)cc1C(C)C. The quantitative estimate of drug-likeness (QED) is 0.769. The number of methoxy groups -OCH3 is 1. The number of hydrogen-bond donors (Lipinski definition) is 1. The number of rotatable bonds is 4. The smallest absolute Gasteiger partial charge is 0.122 e. The summed E-state index contributed by atoms with van der Waals surface area (Å²) >= 11 is 4.28. The average molecular weight is 224 g/mol. The van der Waals surface area contributed by atoms with Crippen LogP contribution in [0.1, 0.15) is 36.5 Å². The van der Waals surface area contributed by atoms with Crippen LogP contribution in [-0.2, 0) is 6.42 Å². The summed E-state index contributed by atoms with van der Waals surface area (Å²) in [6, 6.07) is 4.39. The highest BCUT2D eigenvalue weighted by Gasteiger charge is 2.10. The third kappa shape index (κ3) is 2.91. The molecule has 0 saturated heterocycles. The van der Waals surface area contributed by atoms with Crippen LogP contribution in [-0.4, -0.2) is 12.9 Å². The molecule has 0 heterocycles. The third-order valence-corrected chi connectivity index (χ3v) is 2.92. The van der Waals surface area contributed by atoms with Gasteiger partial charge in [-0.05, 0) is 47.8 Å². The highest BCUT2D eigenvalue weighted by molar-refractivity contribution is 7.80. The van der Waals surface area contributed by atoms with E-state index in [-0.39, 0.29) is 0 Å². The van der Waals surface area contributed by atoms with Gasteiger partial charge in [-0.15, -0.1) is 0 Å². The van der Waals surface area contributed by atoms with Crippen LogP contribution in [0.2, 0.25) is 0 Å². The molecule has 0 atom stereocenters. The van der Waals surface area contributed by atoms with E-state index in [4.69, 9.17) is 4.74 Å². The van der Waals surface area contributed by atoms with E-state index in [1.54, 1.807) is 7.11 Å². The van der Waals surface area contributed by atoms with Crippen LogP contribution in [0.15, 0.2) is 12.1 Å². The Balaban J connectivity index is 3.17. The Kier molecular flexibility index (Phi) is 4.52. The molecule has 0 fully saturated rings. The van der Waals surface area contributed by atoms with Crippen LogP contribution in [0.5, 0.6) is 5.75 Å². The van der Waals surface area contributed by atoms with Gasteiger partial charge in [0.1, 0.15) is 5.75 Å². The fourth-order valence-electron chi connectivity index (χ4n) is 1.76. The molecule has 0 unspecified atom stereocenters. The van der Waals surface area contributed by atoms with Crippen molar-refractivity contribution in [2.24, 2.45) is 0 Å². The topological polar surface area (TPSA) is 9.23 Å². The van der Waals surface area contributed by atoms with E-state index in [9.17, 15) is 0 Å². The lowest BCUT2D eigenvalue weighted by Gasteiger charge is -2.15. The number of hydrogen-bond acceptors (Lipinski definition) is 2. The van der Waals surface area contributed by atoms with Crippen LogP contribution < -0.4 is 4.74 Å². The summed E-state index contributed by atoms with van der Waals surface area (Å²) in [4.78, 5) is 0. The number of aryl methyl sites for hydroxylation is 2. The van der Waals surface area contributed by atoms with Gasteiger partial charge in [0, 0.05) is 0 Å². The molecule has 2 heteroatoms. The van der Waals surface area contributed by atoms with Gasteiger partial charge < -0.3 is 4.74 Å². The van der Waals surface area contributed by atoms with Crippen molar-refractivity contribution >= 4 is 12.6 Å². The first-order valence-electron chi connectivity index (χ1n) is 5.38. The zero-order chi connectivity index (χ0) is 11.4. The molecule has 15 heavy (non-hydrogen) atoms. The fourth-order valence-corrected chi connectivity index (χ4v) is 2.00. The van der Waals surface area contributed by atoms with Crippen molar-refractivity contribution in [3.05, 3.63) is 28.8 Å². The van der Waals surface area contributed by atoms with E-state index in [2.05, 4.69) is 45.5 Å². The molecule has 0 spiro atoms. The zero-order valence-corrected chi connectivity index (χ0v) is 10.9. The predicted molar refractivity (Wildman–Crippen MR) is 69.4 cm³/mol. The van der Waals surface area contributed by atoms with Crippen LogP contribution in [0.25, 0.3) is 0 Å². The Hall–Kier alpha value is -0.630. The van der Waals surface area contributed by atoms with E-state index >= 15 is 0 Å². The average Bonchev–Trinajstić information content (AvgIpc) is 2.20. The highest BCUT2D eigenvalue weighted by Crippen LogP contribution is 2.29. The van der Waals surface area contributed by atoms with Gasteiger partial charge in [0.15, 0.2) is 0 Å². The van der Waals surface area contributed by atoms with Crippen LogP contribution in [0.3, 0.4) is 0 Å². The molecule has 0 amide bonds. The summed E-state index contributed by atoms with van der Waals surface area (Å²) in [5.74, 6) is 2.40. The van der Waals surface area contributed by atoms with Crippen LogP contribution >= 0.6 is 12.6 Å². The molecule has 0 aromatic heterocycles. The lowest BCUT2D eigenvalue weighted by Crippen LogP contribution is -1.99. The lowest BCUT2D eigenvalue weighted by atomic mass is 9.95. The molecule has 0 aliphatic heterocycles. The summed E-state index contributed by atoms with van der Waals surface area (Å²) < 4.78 is 5.40. The fraction of sp³-hybridized carbons (Fsp3) is 0.538. The van der Waals surface area contributed by atoms with Gasteiger partial charge in [-0.3, -0.25) is 0 Å². The normalized spacial score (nSPS) is 10.8. The maximum atomic E-state index is 5.40. The Morgan fingerprint density at radius 2 is 2.00 bits per heavy atom. The van der Waals surface area contributed by atoms with Crippen molar-refractivity contribution < 1.29 is 4.74 Å². The minimum Gasteiger partial charge on any atom is -0.496 e. The molecule has 0 saturated carbocycles. The molecular formula is C13H20OS. The summed E-state index contributed by atoms with van der Waals surface area (Å²) in [5.41, 5.74) is 3.97.